The minimum Gasteiger partial charge on any atom is -0.350 e. The second kappa shape index (κ2) is 8.26. The van der Waals surface area contributed by atoms with E-state index in [9.17, 15) is 13.2 Å². The highest BCUT2D eigenvalue weighted by Crippen LogP contribution is 2.22. The minimum atomic E-state index is -3.21. The maximum atomic E-state index is 12.2. The SMILES string of the molecule is CC(NC(=O)CCc1ccc(C(C)(C)C)cc1)c1ccc(S(C)(=O)=O)cc1. The monoisotopic (exact) mass is 387 g/mol. The number of carbonyl (C=O) groups is 1. The molecule has 27 heavy (non-hydrogen) atoms. The van der Waals surface area contributed by atoms with Crippen LogP contribution in [0, 0.1) is 0 Å². The molecule has 2 rings (SSSR count). The molecule has 146 valence electrons. The summed E-state index contributed by atoms with van der Waals surface area (Å²) >= 11 is 0. The normalized spacial score (nSPS) is 13.2. The average Bonchev–Trinajstić information content (AvgIpc) is 2.59. The molecule has 1 amide bonds. The van der Waals surface area contributed by atoms with Gasteiger partial charge in [-0.05, 0) is 47.6 Å². The lowest BCUT2D eigenvalue weighted by Crippen LogP contribution is -2.26. The second-order valence-electron chi connectivity index (χ2n) is 8.08. The standard InChI is InChI=1S/C22H29NO3S/c1-16(18-9-13-20(14-10-18)27(5,25)26)23-21(24)15-8-17-6-11-19(12-7-17)22(2,3)4/h6-7,9-14,16H,8,15H2,1-5H3,(H,23,24). The van der Waals surface area contributed by atoms with Crippen molar-refractivity contribution in [2.24, 2.45) is 0 Å². The molecule has 0 heterocycles. The first-order valence-corrected chi connectivity index (χ1v) is 11.0. The van der Waals surface area contributed by atoms with Gasteiger partial charge in [0.25, 0.3) is 0 Å². The lowest BCUT2D eigenvalue weighted by Gasteiger charge is -2.19. The number of hydrogen-bond donors (Lipinski definition) is 1. The summed E-state index contributed by atoms with van der Waals surface area (Å²) in [4.78, 5) is 12.5. The Balaban J connectivity index is 1.89. The molecular weight excluding hydrogens is 358 g/mol. The van der Waals surface area contributed by atoms with E-state index in [1.807, 2.05) is 6.92 Å². The van der Waals surface area contributed by atoms with Crippen molar-refractivity contribution in [1.82, 2.24) is 5.32 Å². The maximum absolute atomic E-state index is 12.2. The summed E-state index contributed by atoms with van der Waals surface area (Å²) in [7, 11) is -3.21. The van der Waals surface area contributed by atoms with Crippen LogP contribution >= 0.6 is 0 Å². The van der Waals surface area contributed by atoms with Gasteiger partial charge in [0, 0.05) is 12.7 Å². The average molecular weight is 388 g/mol. The molecule has 0 saturated heterocycles. The second-order valence-corrected chi connectivity index (χ2v) is 10.1. The van der Waals surface area contributed by atoms with Gasteiger partial charge in [0.15, 0.2) is 9.84 Å². The van der Waals surface area contributed by atoms with Crippen molar-refractivity contribution in [3.8, 4) is 0 Å². The van der Waals surface area contributed by atoms with Crippen LogP contribution in [0.4, 0.5) is 0 Å². The number of rotatable bonds is 6. The molecular formula is C22H29NO3S. The fourth-order valence-corrected chi connectivity index (χ4v) is 3.46. The van der Waals surface area contributed by atoms with Crippen LogP contribution in [0.3, 0.4) is 0 Å². The molecule has 4 nitrogen and oxygen atoms in total. The number of hydrogen-bond acceptors (Lipinski definition) is 3. The molecule has 5 heteroatoms. The van der Waals surface area contributed by atoms with Gasteiger partial charge in [-0.1, -0.05) is 57.2 Å². The number of aryl methyl sites for hydroxylation is 1. The molecule has 0 bridgehead atoms. The Kier molecular flexibility index (Phi) is 6.47. The molecule has 0 aliphatic rings. The van der Waals surface area contributed by atoms with Crippen molar-refractivity contribution in [3.63, 3.8) is 0 Å². The number of carbonyl (C=O) groups excluding carboxylic acids is 1. The highest BCUT2D eigenvalue weighted by Gasteiger charge is 2.14. The topological polar surface area (TPSA) is 63.2 Å². The summed E-state index contributed by atoms with van der Waals surface area (Å²) in [6.07, 6.45) is 2.29. The maximum Gasteiger partial charge on any atom is 0.220 e. The molecule has 1 atom stereocenters. The molecule has 0 aromatic heterocycles. The first kappa shape index (κ1) is 21.2. The van der Waals surface area contributed by atoms with E-state index in [1.54, 1.807) is 24.3 Å². The van der Waals surface area contributed by atoms with E-state index in [4.69, 9.17) is 0 Å². The van der Waals surface area contributed by atoms with Crippen LogP contribution in [0.15, 0.2) is 53.4 Å². The molecule has 0 spiro atoms. The first-order chi connectivity index (χ1) is 12.5. The molecule has 1 N–H and O–H groups in total. The van der Waals surface area contributed by atoms with Crippen molar-refractivity contribution in [1.29, 1.82) is 0 Å². The Morgan fingerprint density at radius 2 is 1.56 bits per heavy atom. The fraction of sp³-hybridized carbons (Fsp3) is 0.409. The van der Waals surface area contributed by atoms with Gasteiger partial charge in [0.2, 0.25) is 5.91 Å². The number of nitrogens with one attached hydrogen (secondary N) is 1. The Morgan fingerprint density at radius 3 is 2.04 bits per heavy atom. The van der Waals surface area contributed by atoms with Crippen molar-refractivity contribution in [2.45, 2.75) is 56.9 Å². The van der Waals surface area contributed by atoms with Gasteiger partial charge in [-0.2, -0.15) is 0 Å². The lowest BCUT2D eigenvalue weighted by molar-refractivity contribution is -0.121. The summed E-state index contributed by atoms with van der Waals surface area (Å²) in [5, 5.41) is 2.97. The van der Waals surface area contributed by atoms with Crippen molar-refractivity contribution < 1.29 is 13.2 Å². The van der Waals surface area contributed by atoms with Crippen LogP contribution in [0.1, 0.15) is 56.8 Å². The zero-order chi connectivity index (χ0) is 20.2. The van der Waals surface area contributed by atoms with Crippen LogP contribution in [0.2, 0.25) is 0 Å². The minimum absolute atomic E-state index is 0.0189. The van der Waals surface area contributed by atoms with Gasteiger partial charge in [0.1, 0.15) is 0 Å². The van der Waals surface area contributed by atoms with E-state index in [0.29, 0.717) is 12.8 Å². The third-order valence-corrected chi connectivity index (χ3v) is 5.77. The third-order valence-electron chi connectivity index (χ3n) is 4.65. The molecule has 2 aromatic rings. The van der Waals surface area contributed by atoms with E-state index in [1.165, 1.54) is 11.8 Å². The van der Waals surface area contributed by atoms with E-state index in [2.05, 4.69) is 50.4 Å². The summed E-state index contributed by atoms with van der Waals surface area (Å²) < 4.78 is 23.0. The summed E-state index contributed by atoms with van der Waals surface area (Å²) in [6.45, 7) is 8.43. The van der Waals surface area contributed by atoms with E-state index < -0.39 is 9.84 Å². The largest absolute Gasteiger partial charge is 0.350 e. The predicted molar refractivity (Wildman–Crippen MR) is 110 cm³/mol. The highest BCUT2D eigenvalue weighted by atomic mass is 32.2. The van der Waals surface area contributed by atoms with Crippen LogP contribution in [0.25, 0.3) is 0 Å². The fourth-order valence-electron chi connectivity index (χ4n) is 2.83. The number of sulfone groups is 1. The number of amides is 1. The summed E-state index contributed by atoms with van der Waals surface area (Å²) in [5.74, 6) is -0.0189. The molecule has 0 aliphatic carbocycles. The van der Waals surface area contributed by atoms with Crippen molar-refractivity contribution >= 4 is 15.7 Å². The van der Waals surface area contributed by atoms with Gasteiger partial charge in [-0.25, -0.2) is 8.42 Å². The van der Waals surface area contributed by atoms with Crippen molar-refractivity contribution in [2.75, 3.05) is 6.26 Å². The van der Waals surface area contributed by atoms with Gasteiger partial charge in [-0.3, -0.25) is 4.79 Å². The Morgan fingerprint density at radius 1 is 1.00 bits per heavy atom. The number of benzene rings is 2. The van der Waals surface area contributed by atoms with E-state index >= 15 is 0 Å². The molecule has 0 fully saturated rings. The summed E-state index contributed by atoms with van der Waals surface area (Å²) in [6, 6.07) is 14.9. The van der Waals surface area contributed by atoms with Gasteiger partial charge < -0.3 is 5.32 Å². The van der Waals surface area contributed by atoms with Crippen LogP contribution in [-0.2, 0) is 26.5 Å². The molecule has 1 unspecified atom stereocenters. The van der Waals surface area contributed by atoms with Crippen LogP contribution in [0.5, 0.6) is 0 Å². The smallest absolute Gasteiger partial charge is 0.220 e. The summed E-state index contributed by atoms with van der Waals surface area (Å²) in [5.41, 5.74) is 3.42. The van der Waals surface area contributed by atoms with Gasteiger partial charge in [-0.15, -0.1) is 0 Å². The van der Waals surface area contributed by atoms with Crippen LogP contribution < -0.4 is 5.32 Å². The quantitative estimate of drug-likeness (QED) is 0.808. The van der Waals surface area contributed by atoms with Crippen LogP contribution in [-0.4, -0.2) is 20.6 Å². The zero-order valence-electron chi connectivity index (χ0n) is 16.7. The Hall–Kier alpha value is -2.14. The third kappa shape index (κ3) is 6.21. The highest BCUT2D eigenvalue weighted by molar-refractivity contribution is 7.90. The van der Waals surface area contributed by atoms with Crippen molar-refractivity contribution in [3.05, 3.63) is 65.2 Å². The predicted octanol–water partition coefficient (Wildman–Crippen LogP) is 4.20. The Labute approximate surface area is 162 Å². The molecule has 2 aromatic carbocycles. The van der Waals surface area contributed by atoms with Gasteiger partial charge >= 0.3 is 0 Å². The Bertz CT molecular complexity index is 877. The first-order valence-electron chi connectivity index (χ1n) is 9.15. The zero-order valence-corrected chi connectivity index (χ0v) is 17.6. The lowest BCUT2D eigenvalue weighted by atomic mass is 9.86. The molecule has 0 radical (unpaired) electrons. The van der Waals surface area contributed by atoms with E-state index in [-0.39, 0.29) is 22.3 Å². The molecule has 0 saturated carbocycles. The molecule has 0 aliphatic heterocycles. The van der Waals surface area contributed by atoms with E-state index in [0.717, 1.165) is 11.1 Å². The van der Waals surface area contributed by atoms with Gasteiger partial charge in [0.05, 0.1) is 10.9 Å².